The third-order valence-electron chi connectivity index (χ3n) is 3.76. The van der Waals surface area contributed by atoms with E-state index in [0.717, 1.165) is 18.5 Å². The van der Waals surface area contributed by atoms with Gasteiger partial charge in [-0.3, -0.25) is 4.90 Å². The van der Waals surface area contributed by atoms with E-state index in [4.69, 9.17) is 0 Å². The number of rotatable bonds is 3. The van der Waals surface area contributed by atoms with Gasteiger partial charge in [0.2, 0.25) is 0 Å². The Kier molecular flexibility index (Phi) is 4.81. The van der Waals surface area contributed by atoms with Crippen molar-refractivity contribution in [3.8, 4) is 0 Å². The number of nitrogens with zero attached hydrogens (tertiary/aromatic N) is 1. The first-order valence-corrected chi connectivity index (χ1v) is 6.82. The van der Waals surface area contributed by atoms with Gasteiger partial charge >= 0.3 is 0 Å². The van der Waals surface area contributed by atoms with Crippen LogP contribution in [0.1, 0.15) is 48.0 Å². The Balaban J connectivity index is 2.68. The molecule has 0 aliphatic carbocycles. The molecule has 0 spiro atoms. The summed E-state index contributed by atoms with van der Waals surface area (Å²) in [6.45, 7) is 17.6. The van der Waals surface area contributed by atoms with Crippen molar-refractivity contribution in [1.82, 2.24) is 10.2 Å². The minimum Gasteiger partial charge on any atom is -0.301 e. The molecule has 0 bridgehead atoms. The largest absolute Gasteiger partial charge is 0.301 e. The number of hydrogen-bond acceptors (Lipinski definition) is 2. The molecular weight excluding hydrogens is 196 g/mol. The highest BCUT2D eigenvalue weighted by molar-refractivity contribution is 4.92. The van der Waals surface area contributed by atoms with Crippen LogP contribution < -0.4 is 5.32 Å². The topological polar surface area (TPSA) is 15.3 Å². The summed E-state index contributed by atoms with van der Waals surface area (Å²) < 4.78 is 0. The zero-order valence-corrected chi connectivity index (χ0v) is 12.0. The van der Waals surface area contributed by atoms with Crippen LogP contribution in [0.15, 0.2) is 0 Å². The molecule has 0 amide bonds. The highest BCUT2D eigenvalue weighted by atomic mass is 15.3. The van der Waals surface area contributed by atoms with Crippen molar-refractivity contribution in [2.24, 2.45) is 17.3 Å². The van der Waals surface area contributed by atoms with Gasteiger partial charge in [0.05, 0.1) is 0 Å². The van der Waals surface area contributed by atoms with E-state index in [0.29, 0.717) is 11.5 Å². The van der Waals surface area contributed by atoms with Crippen LogP contribution in [-0.4, -0.2) is 30.7 Å². The highest BCUT2D eigenvalue weighted by Crippen LogP contribution is 2.32. The van der Waals surface area contributed by atoms with Crippen molar-refractivity contribution in [2.45, 2.75) is 54.0 Å². The molecule has 96 valence electrons. The summed E-state index contributed by atoms with van der Waals surface area (Å²) in [5.74, 6) is 1.54. The van der Waals surface area contributed by atoms with Gasteiger partial charge in [-0.2, -0.15) is 0 Å². The van der Waals surface area contributed by atoms with Crippen molar-refractivity contribution in [2.75, 3.05) is 19.8 Å². The molecule has 1 fully saturated rings. The standard InChI is InChI=1S/C14H30N2/c1-7-8-16-9-12(11(2)3)13(15-10-16)14(4,5)6/h11-13,15H,7-10H2,1-6H3. The van der Waals surface area contributed by atoms with E-state index >= 15 is 0 Å². The Labute approximate surface area is 102 Å². The molecule has 0 radical (unpaired) electrons. The van der Waals surface area contributed by atoms with Crippen LogP contribution in [0.2, 0.25) is 0 Å². The second-order valence-electron chi connectivity index (χ2n) is 6.69. The Bertz CT molecular complexity index is 205. The Hall–Kier alpha value is -0.0800. The minimum atomic E-state index is 0.368. The molecule has 2 nitrogen and oxygen atoms in total. The van der Waals surface area contributed by atoms with Crippen molar-refractivity contribution < 1.29 is 0 Å². The highest BCUT2D eigenvalue weighted by Gasteiger charge is 2.37. The molecule has 2 unspecified atom stereocenters. The Morgan fingerprint density at radius 3 is 2.38 bits per heavy atom. The smallest absolute Gasteiger partial charge is 0.0482 e. The molecule has 16 heavy (non-hydrogen) atoms. The molecular formula is C14H30N2. The first-order chi connectivity index (χ1) is 7.36. The first kappa shape index (κ1) is 14.0. The fourth-order valence-electron chi connectivity index (χ4n) is 2.88. The second-order valence-corrected chi connectivity index (χ2v) is 6.69. The van der Waals surface area contributed by atoms with E-state index in [-0.39, 0.29) is 0 Å². The summed E-state index contributed by atoms with van der Waals surface area (Å²) in [6.07, 6.45) is 1.26. The summed E-state index contributed by atoms with van der Waals surface area (Å²) in [5, 5.41) is 3.75. The molecule has 0 aromatic carbocycles. The molecule has 1 N–H and O–H groups in total. The molecule has 1 aliphatic rings. The first-order valence-electron chi connectivity index (χ1n) is 6.82. The molecule has 1 saturated heterocycles. The number of hydrogen-bond donors (Lipinski definition) is 1. The van der Waals surface area contributed by atoms with Crippen molar-refractivity contribution in [1.29, 1.82) is 0 Å². The molecule has 0 aromatic heterocycles. The summed E-state index contributed by atoms with van der Waals surface area (Å²) >= 11 is 0. The molecule has 1 rings (SSSR count). The van der Waals surface area contributed by atoms with E-state index in [2.05, 4.69) is 51.8 Å². The van der Waals surface area contributed by atoms with E-state index in [1.807, 2.05) is 0 Å². The molecule has 2 atom stereocenters. The lowest BCUT2D eigenvalue weighted by molar-refractivity contribution is 0.0475. The maximum atomic E-state index is 3.75. The fraction of sp³-hybridized carbons (Fsp3) is 1.00. The second kappa shape index (κ2) is 5.50. The lowest BCUT2D eigenvalue weighted by Crippen LogP contribution is -2.59. The molecule has 2 heteroatoms. The van der Waals surface area contributed by atoms with Crippen LogP contribution in [-0.2, 0) is 0 Å². The monoisotopic (exact) mass is 226 g/mol. The minimum absolute atomic E-state index is 0.368. The average Bonchev–Trinajstić information content (AvgIpc) is 2.16. The van der Waals surface area contributed by atoms with Crippen LogP contribution in [0.3, 0.4) is 0 Å². The van der Waals surface area contributed by atoms with Crippen LogP contribution in [0.4, 0.5) is 0 Å². The third-order valence-corrected chi connectivity index (χ3v) is 3.76. The van der Waals surface area contributed by atoms with Crippen molar-refractivity contribution >= 4 is 0 Å². The van der Waals surface area contributed by atoms with Gasteiger partial charge < -0.3 is 5.32 Å². The molecule has 0 saturated carbocycles. The third kappa shape index (κ3) is 3.46. The Morgan fingerprint density at radius 2 is 1.94 bits per heavy atom. The van der Waals surface area contributed by atoms with E-state index in [1.165, 1.54) is 19.5 Å². The van der Waals surface area contributed by atoms with Gasteiger partial charge in [0.15, 0.2) is 0 Å². The van der Waals surface area contributed by atoms with Crippen molar-refractivity contribution in [3.05, 3.63) is 0 Å². The summed E-state index contributed by atoms with van der Waals surface area (Å²) in [6, 6.07) is 0.653. The maximum absolute atomic E-state index is 3.75. The lowest BCUT2D eigenvalue weighted by Gasteiger charge is -2.47. The zero-order valence-electron chi connectivity index (χ0n) is 12.0. The van der Waals surface area contributed by atoms with Gasteiger partial charge in [0, 0.05) is 19.3 Å². The van der Waals surface area contributed by atoms with E-state index in [9.17, 15) is 0 Å². The van der Waals surface area contributed by atoms with Gasteiger partial charge in [0.1, 0.15) is 0 Å². The van der Waals surface area contributed by atoms with Gasteiger partial charge in [-0.15, -0.1) is 0 Å². The predicted octanol–water partition coefficient (Wildman–Crippen LogP) is 2.95. The normalized spacial score (nSPS) is 28.7. The summed E-state index contributed by atoms with van der Waals surface area (Å²) in [5.41, 5.74) is 0.368. The predicted molar refractivity (Wildman–Crippen MR) is 71.4 cm³/mol. The number of nitrogens with one attached hydrogen (secondary N) is 1. The SMILES string of the molecule is CCCN1CNC(C(C)(C)C)C(C(C)C)C1. The van der Waals surface area contributed by atoms with Gasteiger partial charge in [-0.05, 0) is 30.2 Å². The van der Waals surface area contributed by atoms with Crippen LogP contribution >= 0.6 is 0 Å². The molecule has 1 heterocycles. The summed E-state index contributed by atoms with van der Waals surface area (Å²) in [7, 11) is 0. The van der Waals surface area contributed by atoms with Gasteiger partial charge in [-0.25, -0.2) is 0 Å². The maximum Gasteiger partial charge on any atom is 0.0482 e. The Morgan fingerprint density at radius 1 is 1.31 bits per heavy atom. The van der Waals surface area contributed by atoms with Crippen molar-refractivity contribution in [3.63, 3.8) is 0 Å². The quantitative estimate of drug-likeness (QED) is 0.796. The molecule has 0 aromatic rings. The van der Waals surface area contributed by atoms with Gasteiger partial charge in [0.25, 0.3) is 0 Å². The van der Waals surface area contributed by atoms with E-state index in [1.54, 1.807) is 0 Å². The van der Waals surface area contributed by atoms with Crippen LogP contribution in [0.25, 0.3) is 0 Å². The fourth-order valence-corrected chi connectivity index (χ4v) is 2.88. The average molecular weight is 226 g/mol. The molecule has 1 aliphatic heterocycles. The van der Waals surface area contributed by atoms with Gasteiger partial charge in [-0.1, -0.05) is 41.5 Å². The van der Waals surface area contributed by atoms with E-state index < -0.39 is 0 Å². The van der Waals surface area contributed by atoms with Crippen LogP contribution in [0, 0.1) is 17.3 Å². The lowest BCUT2D eigenvalue weighted by atomic mass is 9.73. The summed E-state index contributed by atoms with van der Waals surface area (Å²) in [4.78, 5) is 2.56. The zero-order chi connectivity index (χ0) is 12.3. The van der Waals surface area contributed by atoms with Crippen LogP contribution in [0.5, 0.6) is 0 Å².